The third-order valence-corrected chi connectivity index (χ3v) is 3.57. The van der Waals surface area contributed by atoms with Crippen molar-refractivity contribution in [2.45, 2.75) is 77.0 Å². The molecule has 106 valence electrons. The van der Waals surface area contributed by atoms with E-state index >= 15 is 0 Å². The zero-order valence-corrected chi connectivity index (χ0v) is 11.8. The Labute approximate surface area is 111 Å². The number of amides is 1. The van der Waals surface area contributed by atoms with Crippen molar-refractivity contribution < 1.29 is 9.53 Å². The molecule has 3 atom stereocenters. The third kappa shape index (κ3) is 5.83. The lowest BCUT2D eigenvalue weighted by Gasteiger charge is -2.17. The normalized spacial score (nSPS) is 25.1. The minimum absolute atomic E-state index is 0.115. The van der Waals surface area contributed by atoms with Gasteiger partial charge in [0.1, 0.15) is 0 Å². The number of carbonyl (C=O) groups is 1. The van der Waals surface area contributed by atoms with Gasteiger partial charge in [0.2, 0.25) is 5.91 Å². The zero-order valence-electron chi connectivity index (χ0n) is 11.8. The van der Waals surface area contributed by atoms with E-state index in [9.17, 15) is 4.79 Å². The standard InChI is InChI=1S/C14H28N2O2/c1-3-4-5-12(10-15)16-14(17)9-8-13-7-6-11(2)18-13/h11-13H,3-10,15H2,1-2H3,(H,16,17). The topological polar surface area (TPSA) is 64.3 Å². The van der Waals surface area contributed by atoms with Gasteiger partial charge in [0, 0.05) is 19.0 Å². The molecule has 1 aliphatic heterocycles. The van der Waals surface area contributed by atoms with Crippen LogP contribution in [0.15, 0.2) is 0 Å². The number of ether oxygens (including phenoxy) is 1. The van der Waals surface area contributed by atoms with E-state index in [1.165, 1.54) is 0 Å². The van der Waals surface area contributed by atoms with Crippen LogP contribution in [-0.2, 0) is 9.53 Å². The van der Waals surface area contributed by atoms with E-state index < -0.39 is 0 Å². The maximum Gasteiger partial charge on any atom is 0.220 e. The molecular weight excluding hydrogens is 228 g/mol. The average molecular weight is 256 g/mol. The van der Waals surface area contributed by atoms with Gasteiger partial charge in [0.15, 0.2) is 0 Å². The summed E-state index contributed by atoms with van der Waals surface area (Å²) in [6.07, 6.45) is 7.47. The van der Waals surface area contributed by atoms with E-state index in [0.717, 1.165) is 38.5 Å². The molecule has 0 aliphatic carbocycles. The predicted octanol–water partition coefficient (Wildman–Crippen LogP) is 1.97. The minimum Gasteiger partial charge on any atom is -0.375 e. The quantitative estimate of drug-likeness (QED) is 0.698. The number of hydrogen-bond acceptors (Lipinski definition) is 3. The van der Waals surface area contributed by atoms with Crippen LogP contribution in [-0.4, -0.2) is 30.7 Å². The average Bonchev–Trinajstić information content (AvgIpc) is 2.78. The fraction of sp³-hybridized carbons (Fsp3) is 0.929. The van der Waals surface area contributed by atoms with Crippen molar-refractivity contribution in [1.82, 2.24) is 5.32 Å². The largest absolute Gasteiger partial charge is 0.375 e. The van der Waals surface area contributed by atoms with E-state index in [-0.39, 0.29) is 18.1 Å². The van der Waals surface area contributed by atoms with Crippen LogP contribution in [0.5, 0.6) is 0 Å². The second-order valence-electron chi connectivity index (χ2n) is 5.33. The molecular formula is C14H28N2O2. The first-order chi connectivity index (χ1) is 8.65. The summed E-state index contributed by atoms with van der Waals surface area (Å²) in [6, 6.07) is 0.140. The molecule has 0 saturated carbocycles. The van der Waals surface area contributed by atoms with Crippen LogP contribution in [0.1, 0.15) is 58.8 Å². The first kappa shape index (κ1) is 15.4. The first-order valence-electron chi connectivity index (χ1n) is 7.30. The second-order valence-corrected chi connectivity index (χ2v) is 5.33. The van der Waals surface area contributed by atoms with E-state index in [2.05, 4.69) is 19.2 Å². The van der Waals surface area contributed by atoms with Crippen LogP contribution < -0.4 is 11.1 Å². The molecule has 3 N–H and O–H groups in total. The van der Waals surface area contributed by atoms with Gasteiger partial charge in [-0.15, -0.1) is 0 Å². The number of hydrogen-bond donors (Lipinski definition) is 2. The third-order valence-electron chi connectivity index (χ3n) is 3.57. The van der Waals surface area contributed by atoms with Gasteiger partial charge in [-0.05, 0) is 32.6 Å². The van der Waals surface area contributed by atoms with E-state index in [0.29, 0.717) is 19.1 Å². The molecule has 1 heterocycles. The van der Waals surface area contributed by atoms with Crippen molar-refractivity contribution in [2.75, 3.05) is 6.54 Å². The van der Waals surface area contributed by atoms with Gasteiger partial charge in [-0.25, -0.2) is 0 Å². The summed E-state index contributed by atoms with van der Waals surface area (Å²) in [7, 11) is 0. The van der Waals surface area contributed by atoms with E-state index in [1.807, 2.05) is 0 Å². The summed E-state index contributed by atoms with van der Waals surface area (Å²) < 4.78 is 5.70. The smallest absolute Gasteiger partial charge is 0.220 e. The van der Waals surface area contributed by atoms with Crippen molar-refractivity contribution in [2.24, 2.45) is 5.73 Å². The van der Waals surface area contributed by atoms with Gasteiger partial charge in [-0.1, -0.05) is 19.8 Å². The van der Waals surface area contributed by atoms with Crippen molar-refractivity contribution >= 4 is 5.91 Å². The highest BCUT2D eigenvalue weighted by atomic mass is 16.5. The summed E-state index contributed by atoms with van der Waals surface area (Å²) in [5.74, 6) is 0.115. The Balaban J connectivity index is 2.15. The fourth-order valence-corrected chi connectivity index (χ4v) is 2.39. The molecule has 0 bridgehead atoms. The van der Waals surface area contributed by atoms with Crippen molar-refractivity contribution in [1.29, 1.82) is 0 Å². The van der Waals surface area contributed by atoms with E-state index in [4.69, 9.17) is 10.5 Å². The van der Waals surface area contributed by atoms with Gasteiger partial charge in [0.05, 0.1) is 12.2 Å². The molecule has 4 heteroatoms. The van der Waals surface area contributed by atoms with Gasteiger partial charge >= 0.3 is 0 Å². The maximum absolute atomic E-state index is 11.8. The van der Waals surface area contributed by atoms with Crippen LogP contribution >= 0.6 is 0 Å². The molecule has 18 heavy (non-hydrogen) atoms. The minimum atomic E-state index is 0.115. The van der Waals surface area contributed by atoms with Crippen LogP contribution in [0.2, 0.25) is 0 Å². The van der Waals surface area contributed by atoms with Crippen LogP contribution in [0.4, 0.5) is 0 Å². The summed E-state index contributed by atoms with van der Waals surface area (Å²) >= 11 is 0. The molecule has 0 aromatic carbocycles. The monoisotopic (exact) mass is 256 g/mol. The Hall–Kier alpha value is -0.610. The number of unbranched alkanes of at least 4 members (excludes halogenated alkanes) is 1. The summed E-state index contributed by atoms with van der Waals surface area (Å²) in [5.41, 5.74) is 5.66. The molecule has 1 aliphatic rings. The highest BCUT2D eigenvalue weighted by Gasteiger charge is 2.22. The van der Waals surface area contributed by atoms with E-state index in [1.54, 1.807) is 0 Å². The van der Waals surface area contributed by atoms with Crippen molar-refractivity contribution in [3.05, 3.63) is 0 Å². The molecule has 0 spiro atoms. The van der Waals surface area contributed by atoms with Crippen molar-refractivity contribution in [3.8, 4) is 0 Å². The maximum atomic E-state index is 11.8. The van der Waals surface area contributed by atoms with Crippen LogP contribution in [0, 0.1) is 0 Å². The molecule has 4 nitrogen and oxygen atoms in total. The number of carbonyl (C=O) groups excluding carboxylic acids is 1. The number of nitrogens with one attached hydrogen (secondary N) is 1. The highest BCUT2D eigenvalue weighted by molar-refractivity contribution is 5.76. The first-order valence-corrected chi connectivity index (χ1v) is 7.30. The summed E-state index contributed by atoms with van der Waals surface area (Å²) in [6.45, 7) is 4.77. The van der Waals surface area contributed by atoms with Gasteiger partial charge in [-0.2, -0.15) is 0 Å². The molecule has 1 amide bonds. The SMILES string of the molecule is CCCCC(CN)NC(=O)CCC1CCC(C)O1. The van der Waals surface area contributed by atoms with Gasteiger partial charge in [0.25, 0.3) is 0 Å². The Morgan fingerprint density at radius 1 is 1.50 bits per heavy atom. The molecule has 1 fully saturated rings. The van der Waals surface area contributed by atoms with Gasteiger partial charge < -0.3 is 15.8 Å². The zero-order chi connectivity index (χ0) is 13.4. The lowest BCUT2D eigenvalue weighted by molar-refractivity contribution is -0.122. The Morgan fingerprint density at radius 3 is 2.83 bits per heavy atom. The molecule has 0 aromatic heterocycles. The molecule has 1 saturated heterocycles. The molecule has 0 aromatic rings. The van der Waals surface area contributed by atoms with Gasteiger partial charge in [-0.3, -0.25) is 4.79 Å². The second kappa shape index (κ2) is 8.48. The predicted molar refractivity (Wildman–Crippen MR) is 73.3 cm³/mol. The molecule has 0 radical (unpaired) electrons. The van der Waals surface area contributed by atoms with Crippen molar-refractivity contribution in [3.63, 3.8) is 0 Å². The number of rotatable bonds is 8. The fourth-order valence-electron chi connectivity index (χ4n) is 2.39. The van der Waals surface area contributed by atoms with Crippen LogP contribution in [0.3, 0.4) is 0 Å². The Bertz CT molecular complexity index is 246. The summed E-state index contributed by atoms with van der Waals surface area (Å²) in [4.78, 5) is 11.8. The van der Waals surface area contributed by atoms with Crippen LogP contribution in [0.25, 0.3) is 0 Å². The number of nitrogens with two attached hydrogens (primary N) is 1. The Morgan fingerprint density at radius 2 is 2.28 bits per heavy atom. The molecule has 3 unspecified atom stereocenters. The lowest BCUT2D eigenvalue weighted by Crippen LogP contribution is -2.40. The Kier molecular flexibility index (Phi) is 7.28. The summed E-state index contributed by atoms with van der Waals surface area (Å²) in [5, 5.41) is 3.02. The lowest BCUT2D eigenvalue weighted by atomic mass is 10.1. The highest BCUT2D eigenvalue weighted by Crippen LogP contribution is 2.22. The molecule has 1 rings (SSSR count).